The van der Waals surface area contributed by atoms with Crippen molar-refractivity contribution < 1.29 is 23.5 Å². The summed E-state index contributed by atoms with van der Waals surface area (Å²) in [6, 6.07) is -0.308. The van der Waals surface area contributed by atoms with Gasteiger partial charge in [-0.25, -0.2) is 4.79 Å². The van der Waals surface area contributed by atoms with Gasteiger partial charge in [0.2, 0.25) is 0 Å². The Morgan fingerprint density at radius 1 is 0.838 bits per heavy atom. The highest BCUT2D eigenvalue weighted by atomic mass is 28.4. The van der Waals surface area contributed by atoms with E-state index in [1.165, 1.54) is 71.1 Å². The topological polar surface area (TPSA) is 73.9 Å². The Bertz CT molecular complexity index is 618. The Morgan fingerprint density at radius 2 is 1.30 bits per heavy atom. The number of carbonyl (C=O) groups excluding carboxylic acids is 2. The molecule has 0 spiro atoms. The van der Waals surface area contributed by atoms with E-state index in [1.54, 1.807) is 0 Å². The molecule has 1 N–H and O–H groups in total. The maximum atomic E-state index is 12.2. The molecule has 37 heavy (non-hydrogen) atoms. The van der Waals surface area contributed by atoms with E-state index in [2.05, 4.69) is 53.8 Å². The van der Waals surface area contributed by atoms with Gasteiger partial charge in [-0.1, -0.05) is 119 Å². The van der Waals surface area contributed by atoms with Crippen LogP contribution in [0.15, 0.2) is 0 Å². The van der Waals surface area contributed by atoms with Gasteiger partial charge in [-0.15, -0.1) is 0 Å². The first kappa shape index (κ1) is 33.9. The molecule has 0 aliphatic carbocycles. The van der Waals surface area contributed by atoms with Gasteiger partial charge in [0.1, 0.15) is 6.10 Å². The average Bonchev–Trinajstić information content (AvgIpc) is 3.18. The first-order valence-corrected chi connectivity index (χ1v) is 17.5. The van der Waals surface area contributed by atoms with Crippen LogP contribution in [0.3, 0.4) is 0 Å². The second-order valence-electron chi connectivity index (χ2n) is 12.1. The number of esters is 1. The Hall–Kier alpha value is -1.08. The molecule has 6 nitrogen and oxygen atoms in total. The third kappa shape index (κ3) is 11.7. The molecule has 1 saturated heterocycles. The zero-order valence-electron chi connectivity index (χ0n) is 25.4. The summed E-state index contributed by atoms with van der Waals surface area (Å²) in [4.78, 5) is 24.1. The van der Waals surface area contributed by atoms with E-state index in [0.29, 0.717) is 29.7 Å². The van der Waals surface area contributed by atoms with E-state index in [9.17, 15) is 9.59 Å². The molecule has 0 radical (unpaired) electrons. The van der Waals surface area contributed by atoms with Crippen LogP contribution in [-0.2, 0) is 18.7 Å². The second kappa shape index (κ2) is 18.2. The maximum Gasteiger partial charge on any atom is 0.408 e. The SMILES string of the molecule is CCCCCCCCCCCCCC[C@@H](OC(C)=O)[C@@H]1OC(=O)N[C@H]1CO[Si](C(C)C)(C(C)C)C(C)C. The Balaban J connectivity index is 2.56. The van der Waals surface area contributed by atoms with Gasteiger partial charge in [0, 0.05) is 6.92 Å². The third-order valence-corrected chi connectivity index (χ3v) is 14.3. The van der Waals surface area contributed by atoms with E-state index in [-0.39, 0.29) is 12.0 Å². The van der Waals surface area contributed by atoms with Crippen LogP contribution in [0, 0.1) is 0 Å². The summed E-state index contributed by atoms with van der Waals surface area (Å²) in [6.45, 7) is 17.6. The Labute approximate surface area is 229 Å². The van der Waals surface area contributed by atoms with Gasteiger partial charge in [0.05, 0.1) is 12.6 Å². The molecule has 0 saturated carbocycles. The molecule has 0 aromatic carbocycles. The predicted octanol–water partition coefficient (Wildman–Crippen LogP) is 8.68. The van der Waals surface area contributed by atoms with Gasteiger partial charge in [0.15, 0.2) is 14.4 Å². The highest BCUT2D eigenvalue weighted by Crippen LogP contribution is 2.42. The van der Waals surface area contributed by atoms with Crippen LogP contribution in [0.25, 0.3) is 0 Å². The zero-order valence-corrected chi connectivity index (χ0v) is 26.4. The summed E-state index contributed by atoms with van der Waals surface area (Å²) in [5.41, 5.74) is 1.36. The van der Waals surface area contributed by atoms with Crippen LogP contribution in [0.1, 0.15) is 139 Å². The van der Waals surface area contributed by atoms with Gasteiger partial charge in [-0.3, -0.25) is 4.79 Å². The van der Waals surface area contributed by atoms with Crippen LogP contribution in [-0.4, -0.2) is 45.2 Å². The van der Waals surface area contributed by atoms with Crippen molar-refractivity contribution in [1.82, 2.24) is 5.32 Å². The molecule has 0 aromatic rings. The van der Waals surface area contributed by atoms with E-state index in [1.807, 2.05) is 0 Å². The normalized spacial score (nSPS) is 18.9. The number of amides is 1. The third-order valence-electron chi connectivity index (χ3n) is 8.19. The summed E-state index contributed by atoms with van der Waals surface area (Å²) >= 11 is 0. The lowest BCUT2D eigenvalue weighted by Gasteiger charge is -2.43. The number of hydrogen-bond donors (Lipinski definition) is 1. The largest absolute Gasteiger partial charge is 0.459 e. The fourth-order valence-electron chi connectivity index (χ4n) is 6.37. The number of rotatable bonds is 21. The monoisotopic (exact) mass is 541 g/mol. The number of hydrogen-bond acceptors (Lipinski definition) is 5. The van der Waals surface area contributed by atoms with E-state index >= 15 is 0 Å². The van der Waals surface area contributed by atoms with Gasteiger partial charge in [-0.05, 0) is 29.5 Å². The van der Waals surface area contributed by atoms with Crippen molar-refractivity contribution in [3.05, 3.63) is 0 Å². The minimum atomic E-state index is -2.09. The fourth-order valence-corrected chi connectivity index (χ4v) is 11.8. The first-order chi connectivity index (χ1) is 17.6. The van der Waals surface area contributed by atoms with Crippen molar-refractivity contribution in [3.63, 3.8) is 0 Å². The quantitative estimate of drug-likeness (QED) is 0.0893. The number of carbonyl (C=O) groups is 2. The Kier molecular flexibility index (Phi) is 16.7. The smallest absolute Gasteiger partial charge is 0.408 e. The van der Waals surface area contributed by atoms with Crippen LogP contribution in [0.4, 0.5) is 4.79 Å². The van der Waals surface area contributed by atoms with Crippen molar-refractivity contribution in [2.45, 2.75) is 174 Å². The lowest BCUT2D eigenvalue weighted by atomic mass is 9.99. The molecule has 218 valence electrons. The van der Waals surface area contributed by atoms with Crippen molar-refractivity contribution in [3.8, 4) is 0 Å². The van der Waals surface area contributed by atoms with Gasteiger partial charge >= 0.3 is 12.1 Å². The molecule has 1 rings (SSSR count). The van der Waals surface area contributed by atoms with Gasteiger partial charge < -0.3 is 19.2 Å². The number of ether oxygens (including phenoxy) is 2. The van der Waals surface area contributed by atoms with Crippen molar-refractivity contribution in [2.24, 2.45) is 0 Å². The van der Waals surface area contributed by atoms with E-state index in [0.717, 1.165) is 12.8 Å². The summed E-state index contributed by atoms with van der Waals surface area (Å²) < 4.78 is 18.1. The van der Waals surface area contributed by atoms with E-state index in [4.69, 9.17) is 13.9 Å². The number of alkyl carbamates (subject to hydrolysis) is 1. The first-order valence-electron chi connectivity index (χ1n) is 15.3. The van der Waals surface area contributed by atoms with Crippen LogP contribution in [0.2, 0.25) is 16.6 Å². The summed E-state index contributed by atoms with van der Waals surface area (Å²) in [5.74, 6) is -0.332. The van der Waals surface area contributed by atoms with Crippen molar-refractivity contribution >= 4 is 20.4 Å². The standard InChI is InChI=1S/C30H59NO5Si/c1-9-10-11-12-13-14-15-16-17-18-19-20-21-28(35-26(8)32)29-27(31-30(33)36-29)22-34-37(23(2)3,24(4)5)25(6)7/h23-25,27-29H,9-22H2,1-8H3,(H,31,33)/t27-,28+,29+/m0/s1. The van der Waals surface area contributed by atoms with Crippen molar-refractivity contribution in [2.75, 3.05) is 6.61 Å². The van der Waals surface area contributed by atoms with Gasteiger partial charge in [-0.2, -0.15) is 0 Å². The second-order valence-corrected chi connectivity index (χ2v) is 17.5. The van der Waals surface area contributed by atoms with E-state index < -0.39 is 26.6 Å². The minimum absolute atomic E-state index is 0.308. The molecule has 0 aromatic heterocycles. The lowest BCUT2D eigenvalue weighted by Crippen LogP contribution is -2.52. The molecular formula is C30H59NO5Si. The molecule has 7 heteroatoms. The molecule has 1 aliphatic heterocycles. The van der Waals surface area contributed by atoms with Crippen LogP contribution >= 0.6 is 0 Å². The predicted molar refractivity (Wildman–Crippen MR) is 155 cm³/mol. The molecule has 0 bridgehead atoms. The van der Waals surface area contributed by atoms with Crippen molar-refractivity contribution in [1.29, 1.82) is 0 Å². The molecule has 1 heterocycles. The van der Waals surface area contributed by atoms with Crippen LogP contribution < -0.4 is 5.32 Å². The Morgan fingerprint density at radius 3 is 1.73 bits per heavy atom. The highest BCUT2D eigenvalue weighted by Gasteiger charge is 2.48. The minimum Gasteiger partial charge on any atom is -0.459 e. The van der Waals surface area contributed by atoms with Crippen LogP contribution in [0.5, 0.6) is 0 Å². The number of unbranched alkanes of at least 4 members (excludes halogenated alkanes) is 11. The fraction of sp³-hybridized carbons (Fsp3) is 0.933. The molecule has 3 atom stereocenters. The molecule has 0 unspecified atom stereocenters. The average molecular weight is 542 g/mol. The molecule has 1 amide bonds. The summed E-state index contributed by atoms with van der Waals surface area (Å²) in [5, 5.41) is 2.94. The molecule has 1 fully saturated rings. The molecule has 1 aliphatic rings. The lowest BCUT2D eigenvalue weighted by molar-refractivity contribution is -0.152. The molecular weight excluding hydrogens is 482 g/mol. The van der Waals surface area contributed by atoms with Gasteiger partial charge in [0.25, 0.3) is 0 Å². The zero-order chi connectivity index (χ0) is 27.8. The highest BCUT2D eigenvalue weighted by molar-refractivity contribution is 6.77. The maximum absolute atomic E-state index is 12.2. The number of nitrogens with one attached hydrogen (secondary N) is 1. The number of cyclic esters (lactones) is 1. The summed E-state index contributed by atoms with van der Waals surface area (Å²) in [7, 11) is -2.09. The summed E-state index contributed by atoms with van der Waals surface area (Å²) in [6.07, 6.45) is 14.6.